The van der Waals surface area contributed by atoms with Crippen molar-refractivity contribution in [2.75, 3.05) is 20.2 Å². The lowest BCUT2D eigenvalue weighted by Gasteiger charge is -2.25. The summed E-state index contributed by atoms with van der Waals surface area (Å²) < 4.78 is 5.13. The van der Waals surface area contributed by atoms with Crippen LogP contribution in [0.5, 0.6) is 5.75 Å². The number of methoxy groups -OCH3 is 1. The van der Waals surface area contributed by atoms with E-state index in [0.29, 0.717) is 30.8 Å². The van der Waals surface area contributed by atoms with Crippen molar-refractivity contribution in [3.63, 3.8) is 0 Å². The molecular weight excluding hydrogens is 380 g/mol. The molecule has 0 aromatic heterocycles. The Morgan fingerprint density at radius 2 is 1.75 bits per heavy atom. The number of carbonyl (C=O) groups excluding carboxylic acids is 2. The molecule has 6 nitrogen and oxygen atoms in total. The molecule has 3 N–H and O–H groups in total. The zero-order chi connectivity index (χ0) is 19.4. The van der Waals surface area contributed by atoms with Crippen LogP contribution in [0.25, 0.3) is 5.76 Å². The monoisotopic (exact) mass is 402 g/mol. The first-order valence-corrected chi connectivity index (χ1v) is 8.76. The number of aliphatic hydroxyl groups is 1. The molecule has 0 saturated carbocycles. The number of likely N-dealkylation sites (tertiary alicyclic amines) is 1. The Bertz CT molecular complexity index is 866. The van der Waals surface area contributed by atoms with Crippen LogP contribution in [0, 0.1) is 0 Å². The van der Waals surface area contributed by atoms with Gasteiger partial charge in [0, 0.05) is 12.1 Å². The minimum atomic E-state index is -0.686. The van der Waals surface area contributed by atoms with Gasteiger partial charge in [0.05, 0.1) is 18.7 Å². The Labute approximate surface area is 170 Å². The van der Waals surface area contributed by atoms with Gasteiger partial charge in [-0.2, -0.15) is 0 Å². The molecule has 1 fully saturated rings. The number of amides is 1. The standard InChI is InChI=1S/C21H22N2O4.ClH/c1-27-16-10-8-15(9-11-16)19(24)17-18(14-6-3-2-4-7-14)23(13-5-12-22)21(26)20(17)25;/h2-4,6-11,18,24H,5,12-13,22H2,1H3;1H/b19-17+;. The van der Waals surface area contributed by atoms with E-state index < -0.39 is 17.7 Å². The number of Topliss-reactive ketones (excluding diaryl/α,β-unsaturated/α-hetero) is 1. The van der Waals surface area contributed by atoms with Gasteiger partial charge in [-0.25, -0.2) is 0 Å². The van der Waals surface area contributed by atoms with Crippen LogP contribution in [0.4, 0.5) is 0 Å². The van der Waals surface area contributed by atoms with Gasteiger partial charge in [-0.15, -0.1) is 12.4 Å². The van der Waals surface area contributed by atoms with E-state index in [9.17, 15) is 14.7 Å². The zero-order valence-electron chi connectivity index (χ0n) is 15.5. The van der Waals surface area contributed by atoms with E-state index in [1.807, 2.05) is 30.3 Å². The minimum Gasteiger partial charge on any atom is -0.507 e. The number of nitrogens with zero attached hydrogens (tertiary/aromatic N) is 1. The molecule has 3 rings (SSSR count). The molecule has 2 aromatic carbocycles. The second-order valence-corrected chi connectivity index (χ2v) is 6.27. The predicted molar refractivity (Wildman–Crippen MR) is 109 cm³/mol. The van der Waals surface area contributed by atoms with Gasteiger partial charge in [-0.05, 0) is 42.8 Å². The number of hydrogen-bond donors (Lipinski definition) is 2. The maximum Gasteiger partial charge on any atom is 0.295 e. The zero-order valence-corrected chi connectivity index (χ0v) is 16.3. The average molecular weight is 403 g/mol. The molecule has 148 valence electrons. The van der Waals surface area contributed by atoms with Gasteiger partial charge in [0.15, 0.2) is 0 Å². The molecule has 0 bridgehead atoms. The third-order valence-corrected chi connectivity index (χ3v) is 4.62. The molecule has 1 unspecified atom stereocenters. The summed E-state index contributed by atoms with van der Waals surface area (Å²) in [6, 6.07) is 15.3. The van der Waals surface area contributed by atoms with E-state index >= 15 is 0 Å². The Morgan fingerprint density at radius 3 is 2.32 bits per heavy atom. The van der Waals surface area contributed by atoms with Crippen molar-refractivity contribution in [1.82, 2.24) is 4.90 Å². The highest BCUT2D eigenvalue weighted by atomic mass is 35.5. The van der Waals surface area contributed by atoms with E-state index in [1.165, 1.54) is 4.90 Å². The summed E-state index contributed by atoms with van der Waals surface area (Å²) in [5.74, 6) is -0.865. The van der Waals surface area contributed by atoms with Gasteiger partial charge in [0.1, 0.15) is 11.5 Å². The highest BCUT2D eigenvalue weighted by molar-refractivity contribution is 6.46. The summed E-state index contributed by atoms with van der Waals surface area (Å²) in [5, 5.41) is 10.9. The molecule has 7 heteroatoms. The van der Waals surface area contributed by atoms with Crippen molar-refractivity contribution in [2.24, 2.45) is 5.73 Å². The minimum absolute atomic E-state index is 0. The number of halogens is 1. The second kappa shape index (κ2) is 9.39. The fraction of sp³-hybridized carbons (Fsp3) is 0.238. The summed E-state index contributed by atoms with van der Waals surface area (Å²) in [7, 11) is 1.55. The molecule has 2 aromatic rings. The molecule has 1 saturated heterocycles. The second-order valence-electron chi connectivity index (χ2n) is 6.27. The summed E-state index contributed by atoms with van der Waals surface area (Å²) >= 11 is 0. The number of ether oxygens (including phenoxy) is 1. The molecular formula is C21H23ClN2O4. The fourth-order valence-electron chi connectivity index (χ4n) is 3.26. The Kier molecular flexibility index (Phi) is 7.20. The summed E-state index contributed by atoms with van der Waals surface area (Å²) in [6.07, 6.45) is 0.568. The SMILES string of the molecule is COc1ccc(/C(O)=C2\C(=O)C(=O)N(CCCN)C2c2ccccc2)cc1.Cl. The van der Waals surface area contributed by atoms with Crippen molar-refractivity contribution in [3.05, 3.63) is 71.3 Å². The van der Waals surface area contributed by atoms with Crippen LogP contribution >= 0.6 is 12.4 Å². The van der Waals surface area contributed by atoms with Crippen molar-refractivity contribution in [3.8, 4) is 5.75 Å². The van der Waals surface area contributed by atoms with Crippen molar-refractivity contribution >= 4 is 29.9 Å². The van der Waals surface area contributed by atoms with Crippen LogP contribution in [0.1, 0.15) is 23.6 Å². The smallest absolute Gasteiger partial charge is 0.295 e. The van der Waals surface area contributed by atoms with Gasteiger partial charge in [-0.1, -0.05) is 30.3 Å². The van der Waals surface area contributed by atoms with Crippen LogP contribution in [-0.2, 0) is 9.59 Å². The number of ketones is 1. The number of nitrogens with two attached hydrogens (primary N) is 1. The fourth-order valence-corrected chi connectivity index (χ4v) is 3.26. The molecule has 1 aliphatic rings. The number of hydrogen-bond acceptors (Lipinski definition) is 5. The van der Waals surface area contributed by atoms with Crippen LogP contribution < -0.4 is 10.5 Å². The maximum absolute atomic E-state index is 12.7. The van der Waals surface area contributed by atoms with Crippen LogP contribution in [0.15, 0.2) is 60.2 Å². The highest BCUT2D eigenvalue weighted by Gasteiger charge is 2.45. The number of aliphatic hydroxyl groups excluding tert-OH is 1. The van der Waals surface area contributed by atoms with Gasteiger partial charge in [0.2, 0.25) is 0 Å². The molecule has 28 heavy (non-hydrogen) atoms. The lowest BCUT2D eigenvalue weighted by Crippen LogP contribution is -2.31. The van der Waals surface area contributed by atoms with Gasteiger partial charge < -0.3 is 20.5 Å². The van der Waals surface area contributed by atoms with Crippen LogP contribution in [0.2, 0.25) is 0 Å². The van der Waals surface area contributed by atoms with Gasteiger partial charge in [0.25, 0.3) is 11.7 Å². The van der Waals surface area contributed by atoms with E-state index in [4.69, 9.17) is 10.5 Å². The largest absolute Gasteiger partial charge is 0.507 e. The van der Waals surface area contributed by atoms with Crippen molar-refractivity contribution in [2.45, 2.75) is 12.5 Å². The highest BCUT2D eigenvalue weighted by Crippen LogP contribution is 2.39. The maximum atomic E-state index is 12.7. The van der Waals surface area contributed by atoms with Crippen LogP contribution in [-0.4, -0.2) is 41.9 Å². The Hall–Kier alpha value is -2.83. The van der Waals surface area contributed by atoms with E-state index in [-0.39, 0.29) is 23.7 Å². The molecule has 0 aliphatic carbocycles. The number of benzene rings is 2. The third kappa shape index (κ3) is 4.03. The molecule has 1 aliphatic heterocycles. The third-order valence-electron chi connectivity index (χ3n) is 4.62. The normalized spacial score (nSPS) is 18.1. The number of carbonyl (C=O) groups is 2. The van der Waals surface area contributed by atoms with Gasteiger partial charge >= 0.3 is 0 Å². The molecule has 1 amide bonds. The lowest BCUT2D eigenvalue weighted by atomic mass is 9.95. The number of rotatable bonds is 6. The van der Waals surface area contributed by atoms with Gasteiger partial charge in [-0.3, -0.25) is 9.59 Å². The topological polar surface area (TPSA) is 92.9 Å². The average Bonchev–Trinajstić information content (AvgIpc) is 2.97. The molecule has 0 spiro atoms. The quantitative estimate of drug-likeness (QED) is 0.440. The molecule has 0 radical (unpaired) electrons. The first-order valence-electron chi connectivity index (χ1n) is 8.76. The Balaban J connectivity index is 0.00000280. The van der Waals surface area contributed by atoms with Crippen molar-refractivity contribution in [1.29, 1.82) is 0 Å². The van der Waals surface area contributed by atoms with E-state index in [2.05, 4.69) is 0 Å². The first kappa shape index (κ1) is 21.5. The Morgan fingerprint density at radius 1 is 1.11 bits per heavy atom. The molecule has 1 atom stereocenters. The van der Waals surface area contributed by atoms with Crippen molar-refractivity contribution < 1.29 is 19.4 Å². The van der Waals surface area contributed by atoms with Crippen LogP contribution in [0.3, 0.4) is 0 Å². The summed E-state index contributed by atoms with van der Waals surface area (Å²) in [6.45, 7) is 0.753. The summed E-state index contributed by atoms with van der Waals surface area (Å²) in [5.41, 5.74) is 6.90. The predicted octanol–water partition coefficient (Wildman–Crippen LogP) is 2.89. The summed E-state index contributed by atoms with van der Waals surface area (Å²) in [4.78, 5) is 26.8. The molecule has 1 heterocycles. The lowest BCUT2D eigenvalue weighted by molar-refractivity contribution is -0.139. The van der Waals surface area contributed by atoms with E-state index in [1.54, 1.807) is 31.4 Å². The van der Waals surface area contributed by atoms with E-state index in [0.717, 1.165) is 5.56 Å². The first-order chi connectivity index (χ1) is 13.1.